The van der Waals surface area contributed by atoms with E-state index in [-0.39, 0.29) is 6.10 Å². The fourth-order valence-corrected chi connectivity index (χ4v) is 3.36. The van der Waals surface area contributed by atoms with Crippen molar-refractivity contribution in [3.63, 3.8) is 0 Å². The van der Waals surface area contributed by atoms with Crippen LogP contribution in [0, 0.1) is 11.8 Å². The number of fused-ring (bicyclic) bond motifs is 1. The molecule has 3 heteroatoms. The Balaban J connectivity index is 1.71. The highest BCUT2D eigenvalue weighted by Gasteiger charge is 2.23. The molecule has 3 unspecified atom stereocenters. The molecule has 0 aromatic carbocycles. The summed E-state index contributed by atoms with van der Waals surface area (Å²) in [6.07, 6.45) is 10.6. The van der Waals surface area contributed by atoms with E-state index in [1.54, 1.807) is 0 Å². The Hall–Kier alpha value is -1.06. The summed E-state index contributed by atoms with van der Waals surface area (Å²) in [7, 11) is 0. The Morgan fingerprint density at radius 3 is 3.10 bits per heavy atom. The highest BCUT2D eigenvalue weighted by Crippen LogP contribution is 2.37. The number of ether oxygens (including phenoxy) is 2. The van der Waals surface area contributed by atoms with Gasteiger partial charge in [-0.05, 0) is 48.3 Å². The van der Waals surface area contributed by atoms with E-state index in [9.17, 15) is 0 Å². The van der Waals surface area contributed by atoms with Gasteiger partial charge in [-0.2, -0.15) is 0 Å². The van der Waals surface area contributed by atoms with Crippen LogP contribution in [0.1, 0.15) is 33.1 Å². The average Bonchev–Trinajstić information content (AvgIpc) is 2.64. The van der Waals surface area contributed by atoms with Gasteiger partial charge in [-0.25, -0.2) is 0 Å². The maximum atomic E-state index is 6.14. The van der Waals surface area contributed by atoms with E-state index in [1.165, 1.54) is 24.0 Å². The summed E-state index contributed by atoms with van der Waals surface area (Å²) in [6, 6.07) is 0. The van der Waals surface area contributed by atoms with Crippen molar-refractivity contribution in [1.29, 1.82) is 0 Å². The normalized spacial score (nSPS) is 33.2. The minimum Gasteiger partial charge on any atom is -0.491 e. The standard InChI is InChI=1S/C18H27NO2/c1-13-3-5-17-15(9-13)10-14(2)4-6-18(17)21-12-16-11-19-7-8-20-16/h4,6,10,13-14,16,19H,3,5,7-9,11-12H2,1-2H3. The van der Waals surface area contributed by atoms with Crippen LogP contribution in [0.15, 0.2) is 35.1 Å². The van der Waals surface area contributed by atoms with Gasteiger partial charge in [0.1, 0.15) is 18.5 Å². The minimum atomic E-state index is 0.177. The number of hydrogen-bond acceptors (Lipinski definition) is 3. The fourth-order valence-electron chi connectivity index (χ4n) is 3.36. The van der Waals surface area contributed by atoms with E-state index in [2.05, 4.69) is 37.4 Å². The summed E-state index contributed by atoms with van der Waals surface area (Å²) >= 11 is 0. The van der Waals surface area contributed by atoms with Gasteiger partial charge in [0.15, 0.2) is 0 Å². The zero-order valence-corrected chi connectivity index (χ0v) is 13.2. The van der Waals surface area contributed by atoms with E-state index >= 15 is 0 Å². The zero-order chi connectivity index (χ0) is 14.7. The smallest absolute Gasteiger partial charge is 0.122 e. The first-order valence-corrected chi connectivity index (χ1v) is 8.30. The van der Waals surface area contributed by atoms with E-state index in [0.717, 1.165) is 37.8 Å². The number of morpholine rings is 1. The highest BCUT2D eigenvalue weighted by molar-refractivity contribution is 5.42. The van der Waals surface area contributed by atoms with Gasteiger partial charge in [0.05, 0.1) is 6.61 Å². The molecule has 1 saturated carbocycles. The predicted molar refractivity (Wildman–Crippen MR) is 85.0 cm³/mol. The monoisotopic (exact) mass is 289 g/mol. The van der Waals surface area contributed by atoms with Crippen molar-refractivity contribution < 1.29 is 9.47 Å². The Kier molecular flexibility index (Phi) is 4.81. The lowest BCUT2D eigenvalue weighted by molar-refractivity contribution is -0.0142. The maximum absolute atomic E-state index is 6.14. The third kappa shape index (κ3) is 3.78. The molecular formula is C18H27NO2. The van der Waals surface area contributed by atoms with Gasteiger partial charge < -0.3 is 14.8 Å². The summed E-state index contributed by atoms with van der Waals surface area (Å²) in [6.45, 7) is 7.87. The molecule has 0 amide bonds. The quantitative estimate of drug-likeness (QED) is 0.865. The lowest BCUT2D eigenvalue weighted by atomic mass is 9.82. The first kappa shape index (κ1) is 14.9. The molecule has 3 aliphatic rings. The molecule has 1 heterocycles. The predicted octanol–water partition coefficient (Wildman–Crippen LogP) is 3.20. The second-order valence-corrected chi connectivity index (χ2v) is 6.61. The highest BCUT2D eigenvalue weighted by atomic mass is 16.5. The number of rotatable bonds is 3. The molecule has 21 heavy (non-hydrogen) atoms. The van der Waals surface area contributed by atoms with E-state index < -0.39 is 0 Å². The molecule has 2 aliphatic carbocycles. The van der Waals surface area contributed by atoms with Crippen molar-refractivity contribution in [2.24, 2.45) is 11.8 Å². The van der Waals surface area contributed by atoms with Crippen LogP contribution in [0.5, 0.6) is 0 Å². The molecule has 0 radical (unpaired) electrons. The van der Waals surface area contributed by atoms with Gasteiger partial charge in [0.25, 0.3) is 0 Å². The van der Waals surface area contributed by atoms with Crippen LogP contribution in [0.3, 0.4) is 0 Å². The van der Waals surface area contributed by atoms with E-state index in [0.29, 0.717) is 12.5 Å². The van der Waals surface area contributed by atoms with Crippen LogP contribution in [-0.4, -0.2) is 32.4 Å². The van der Waals surface area contributed by atoms with Gasteiger partial charge >= 0.3 is 0 Å². The maximum Gasteiger partial charge on any atom is 0.122 e. The van der Waals surface area contributed by atoms with Crippen molar-refractivity contribution in [3.8, 4) is 0 Å². The van der Waals surface area contributed by atoms with Crippen molar-refractivity contribution >= 4 is 0 Å². The fraction of sp³-hybridized carbons (Fsp3) is 0.667. The second-order valence-electron chi connectivity index (χ2n) is 6.61. The van der Waals surface area contributed by atoms with Crippen LogP contribution in [0.25, 0.3) is 0 Å². The van der Waals surface area contributed by atoms with Gasteiger partial charge in [-0.3, -0.25) is 0 Å². The molecule has 3 rings (SSSR count). The lowest BCUT2D eigenvalue weighted by Gasteiger charge is -2.27. The summed E-state index contributed by atoms with van der Waals surface area (Å²) in [5.74, 6) is 2.36. The van der Waals surface area contributed by atoms with Gasteiger partial charge in [0.2, 0.25) is 0 Å². The Morgan fingerprint density at radius 1 is 1.38 bits per heavy atom. The molecule has 1 aliphatic heterocycles. The molecule has 1 N–H and O–H groups in total. The summed E-state index contributed by atoms with van der Waals surface area (Å²) in [5, 5.41) is 3.35. The molecule has 0 spiro atoms. The molecule has 0 aromatic rings. The molecule has 0 bridgehead atoms. The summed E-state index contributed by atoms with van der Waals surface area (Å²) in [5.41, 5.74) is 2.93. The van der Waals surface area contributed by atoms with E-state index in [4.69, 9.17) is 9.47 Å². The van der Waals surface area contributed by atoms with Crippen LogP contribution in [0.2, 0.25) is 0 Å². The van der Waals surface area contributed by atoms with Crippen molar-refractivity contribution in [2.45, 2.75) is 39.2 Å². The Morgan fingerprint density at radius 2 is 2.29 bits per heavy atom. The van der Waals surface area contributed by atoms with Gasteiger partial charge in [0, 0.05) is 13.1 Å². The minimum absolute atomic E-state index is 0.177. The van der Waals surface area contributed by atoms with E-state index in [1.807, 2.05) is 0 Å². The van der Waals surface area contributed by atoms with Crippen molar-refractivity contribution in [2.75, 3.05) is 26.3 Å². The van der Waals surface area contributed by atoms with Gasteiger partial charge in [-0.15, -0.1) is 0 Å². The van der Waals surface area contributed by atoms with Crippen LogP contribution >= 0.6 is 0 Å². The number of hydrogen-bond donors (Lipinski definition) is 1. The first-order valence-electron chi connectivity index (χ1n) is 8.30. The molecule has 1 saturated heterocycles. The lowest BCUT2D eigenvalue weighted by Crippen LogP contribution is -2.40. The first-order chi connectivity index (χ1) is 10.2. The van der Waals surface area contributed by atoms with Crippen molar-refractivity contribution in [3.05, 3.63) is 35.1 Å². The van der Waals surface area contributed by atoms with Crippen LogP contribution < -0.4 is 5.32 Å². The molecule has 116 valence electrons. The third-order valence-electron chi connectivity index (χ3n) is 4.58. The van der Waals surface area contributed by atoms with Crippen molar-refractivity contribution in [1.82, 2.24) is 5.32 Å². The molecule has 3 nitrogen and oxygen atoms in total. The van der Waals surface area contributed by atoms with Crippen LogP contribution in [0.4, 0.5) is 0 Å². The molecule has 2 fully saturated rings. The molecular weight excluding hydrogens is 262 g/mol. The number of nitrogens with one attached hydrogen (secondary N) is 1. The molecule has 0 aromatic heterocycles. The second kappa shape index (κ2) is 6.80. The summed E-state index contributed by atoms with van der Waals surface area (Å²) in [4.78, 5) is 0. The number of allylic oxidation sites excluding steroid dienone is 5. The Labute approximate surface area is 128 Å². The van der Waals surface area contributed by atoms with Crippen LogP contribution in [-0.2, 0) is 9.47 Å². The molecule has 3 atom stereocenters. The average molecular weight is 289 g/mol. The Bertz CT molecular complexity index is 458. The third-order valence-corrected chi connectivity index (χ3v) is 4.58. The SMILES string of the molecule is CC1C=CC(OCC2CNCCO2)=C2CCC(C)CC2=C1. The van der Waals surface area contributed by atoms with Gasteiger partial charge in [-0.1, -0.05) is 26.0 Å². The largest absolute Gasteiger partial charge is 0.491 e. The zero-order valence-electron chi connectivity index (χ0n) is 13.2. The topological polar surface area (TPSA) is 30.5 Å². The summed E-state index contributed by atoms with van der Waals surface area (Å²) < 4.78 is 11.9.